The Kier molecular flexibility index (Phi) is 6.12. The first-order valence-electron chi connectivity index (χ1n) is 15.5. The average Bonchev–Trinajstić information content (AvgIpc) is 3.65. The predicted molar refractivity (Wildman–Crippen MR) is 192 cm³/mol. The van der Waals surface area contributed by atoms with E-state index in [1.165, 1.54) is 69.8 Å². The van der Waals surface area contributed by atoms with E-state index in [1.807, 2.05) is 11.3 Å². The number of nitrogens with one attached hydrogen (secondary N) is 1. The van der Waals surface area contributed by atoms with Gasteiger partial charge in [0.05, 0.1) is 11.0 Å². The Hall–Kier alpha value is -5.16. The Labute approximate surface area is 266 Å². The van der Waals surface area contributed by atoms with Crippen LogP contribution in [0.15, 0.2) is 146 Å². The molecule has 1 N–H and O–H groups in total. The van der Waals surface area contributed by atoms with Gasteiger partial charge in [-0.1, -0.05) is 121 Å². The van der Waals surface area contributed by atoms with Gasteiger partial charge >= 0.3 is 0 Å². The summed E-state index contributed by atoms with van der Waals surface area (Å²) in [5, 5.41) is 9.25. The monoisotopic (exact) mass is 597 g/mol. The topological polar surface area (TPSA) is 20.2 Å². The fraction of sp³-hybridized carbons (Fsp3) is 0.0732. The number of para-hydroxylation sites is 1. The van der Waals surface area contributed by atoms with Crippen LogP contribution in [-0.4, -0.2) is 23.1 Å². The Morgan fingerprint density at radius 3 is 1.89 bits per heavy atom. The molecule has 0 bridgehead atoms. The molecule has 0 saturated carbocycles. The molecule has 1 atom stereocenters. The van der Waals surface area contributed by atoms with Crippen LogP contribution < -0.4 is 5.32 Å². The number of hydrogen-bond acceptors (Lipinski definition) is 3. The van der Waals surface area contributed by atoms with Crippen molar-refractivity contribution in [1.82, 2.24) is 14.8 Å². The normalized spacial score (nSPS) is 15.6. The van der Waals surface area contributed by atoms with Crippen LogP contribution in [0.4, 0.5) is 0 Å². The Bertz CT molecular complexity index is 2380. The van der Waals surface area contributed by atoms with Crippen molar-refractivity contribution in [2.45, 2.75) is 6.29 Å². The zero-order chi connectivity index (χ0) is 29.9. The second-order valence-corrected chi connectivity index (χ2v) is 13.0. The third-order valence-electron chi connectivity index (χ3n) is 9.27. The average molecular weight is 598 g/mol. The van der Waals surface area contributed by atoms with Crippen LogP contribution in [0.3, 0.4) is 0 Å². The molecule has 9 rings (SSSR count). The molecule has 0 spiro atoms. The van der Waals surface area contributed by atoms with Gasteiger partial charge in [-0.2, -0.15) is 0 Å². The summed E-state index contributed by atoms with van der Waals surface area (Å²) < 4.78 is 5.19. The minimum atomic E-state index is -0.0237. The van der Waals surface area contributed by atoms with E-state index in [1.54, 1.807) is 0 Å². The van der Waals surface area contributed by atoms with E-state index in [9.17, 15) is 0 Å². The molecule has 0 fully saturated rings. The maximum absolute atomic E-state index is 3.92. The number of aromatic nitrogens is 1. The maximum atomic E-state index is 3.92. The molecule has 0 saturated heterocycles. The number of likely N-dealkylation sites (N-methyl/N-ethyl adjacent to an activating group) is 1. The van der Waals surface area contributed by atoms with Crippen LogP contribution in [0.25, 0.3) is 69.9 Å². The highest BCUT2D eigenvalue weighted by Crippen LogP contribution is 2.43. The van der Waals surface area contributed by atoms with Gasteiger partial charge in [-0.15, -0.1) is 11.3 Å². The largest absolute Gasteiger partial charge is 0.352 e. The summed E-state index contributed by atoms with van der Waals surface area (Å²) in [6.45, 7) is 0.856. The van der Waals surface area contributed by atoms with Crippen molar-refractivity contribution < 1.29 is 0 Å². The number of thiophene rings is 1. The first-order valence-corrected chi connectivity index (χ1v) is 16.3. The molecule has 45 heavy (non-hydrogen) atoms. The van der Waals surface area contributed by atoms with Crippen molar-refractivity contribution in [3.05, 3.63) is 151 Å². The van der Waals surface area contributed by atoms with Crippen LogP contribution in [0.5, 0.6) is 0 Å². The van der Waals surface area contributed by atoms with Crippen molar-refractivity contribution in [2.24, 2.45) is 0 Å². The Balaban J connectivity index is 1.07. The van der Waals surface area contributed by atoms with Crippen LogP contribution in [0.1, 0.15) is 11.9 Å². The van der Waals surface area contributed by atoms with Gasteiger partial charge in [0.1, 0.15) is 0 Å². The summed E-state index contributed by atoms with van der Waals surface area (Å²) in [7, 11) is 2.20. The highest BCUT2D eigenvalue weighted by atomic mass is 32.1. The lowest BCUT2D eigenvalue weighted by atomic mass is 9.99. The highest BCUT2D eigenvalue weighted by molar-refractivity contribution is 7.26. The molecule has 4 heteroatoms. The molecule has 3 nitrogen and oxygen atoms in total. The number of hydrogen-bond donors (Lipinski definition) is 1. The molecular formula is C41H31N3S. The van der Waals surface area contributed by atoms with Gasteiger partial charge in [0, 0.05) is 43.2 Å². The molecule has 3 heterocycles. The van der Waals surface area contributed by atoms with Gasteiger partial charge in [0.25, 0.3) is 0 Å². The zero-order valence-electron chi connectivity index (χ0n) is 24.9. The zero-order valence-corrected chi connectivity index (χ0v) is 25.8. The molecule has 0 aliphatic carbocycles. The SMILES string of the molecule is CN1CC=C(c2ccc(-c3ccc(-c4ccccc4)cc3)cc2)NC1n1c2ccccc2c2c3sc4ccccc4c3ccc21. The third kappa shape index (κ3) is 4.29. The molecule has 0 amide bonds. The van der Waals surface area contributed by atoms with Gasteiger partial charge in [-0.25, -0.2) is 0 Å². The second-order valence-electron chi connectivity index (χ2n) is 11.9. The van der Waals surface area contributed by atoms with E-state index in [2.05, 4.69) is 167 Å². The van der Waals surface area contributed by atoms with Crippen LogP contribution in [0.2, 0.25) is 0 Å². The summed E-state index contributed by atoms with van der Waals surface area (Å²) in [4.78, 5) is 2.38. The first-order chi connectivity index (χ1) is 22.2. The number of benzene rings is 6. The molecular weight excluding hydrogens is 567 g/mol. The van der Waals surface area contributed by atoms with Crippen molar-refractivity contribution in [3.8, 4) is 22.3 Å². The second kappa shape index (κ2) is 10.5. The van der Waals surface area contributed by atoms with E-state index >= 15 is 0 Å². The van der Waals surface area contributed by atoms with Crippen molar-refractivity contribution in [3.63, 3.8) is 0 Å². The molecule has 1 aliphatic heterocycles. The first kappa shape index (κ1) is 26.3. The summed E-state index contributed by atoms with van der Waals surface area (Å²) in [5.41, 5.74) is 9.79. The molecule has 1 aliphatic rings. The predicted octanol–water partition coefficient (Wildman–Crippen LogP) is 10.5. The fourth-order valence-electron chi connectivity index (χ4n) is 6.96. The fourth-order valence-corrected chi connectivity index (χ4v) is 8.22. The molecule has 2 aromatic heterocycles. The molecule has 0 radical (unpaired) electrons. The van der Waals surface area contributed by atoms with E-state index in [-0.39, 0.29) is 6.29 Å². The number of nitrogens with zero attached hydrogens (tertiary/aromatic N) is 2. The number of fused-ring (bicyclic) bond motifs is 7. The smallest absolute Gasteiger partial charge is 0.162 e. The van der Waals surface area contributed by atoms with Crippen LogP contribution in [-0.2, 0) is 0 Å². The van der Waals surface area contributed by atoms with E-state index < -0.39 is 0 Å². The summed E-state index contributed by atoms with van der Waals surface area (Å²) in [5.74, 6) is 0. The standard InChI is InChI=1S/C41H31N3S/c1-43-26-25-35(31-21-19-30(20-22-31)29-17-15-28(16-18-29)27-9-3-2-4-10-27)42-41(43)44-36-13-7-5-12-34(36)39-37(44)24-23-33-32-11-6-8-14-38(32)45-40(33)39/h2-25,41-42H,26H2,1H3. The molecule has 6 aromatic carbocycles. The van der Waals surface area contributed by atoms with Crippen LogP contribution in [0, 0.1) is 0 Å². The van der Waals surface area contributed by atoms with Gasteiger partial charge in [0.15, 0.2) is 6.29 Å². The Morgan fingerprint density at radius 2 is 1.16 bits per heavy atom. The van der Waals surface area contributed by atoms with E-state index in [0.29, 0.717) is 0 Å². The molecule has 8 aromatic rings. The minimum Gasteiger partial charge on any atom is -0.352 e. The van der Waals surface area contributed by atoms with Crippen molar-refractivity contribution in [1.29, 1.82) is 0 Å². The lowest BCUT2D eigenvalue weighted by Crippen LogP contribution is -2.42. The quantitative estimate of drug-likeness (QED) is 0.218. The molecule has 1 unspecified atom stereocenters. The maximum Gasteiger partial charge on any atom is 0.162 e. The van der Waals surface area contributed by atoms with Crippen LogP contribution >= 0.6 is 11.3 Å². The summed E-state index contributed by atoms with van der Waals surface area (Å²) in [6.07, 6.45) is 2.28. The lowest BCUT2D eigenvalue weighted by molar-refractivity contribution is 0.175. The Morgan fingerprint density at radius 1 is 0.556 bits per heavy atom. The van der Waals surface area contributed by atoms with Gasteiger partial charge in [-0.05, 0) is 59.1 Å². The van der Waals surface area contributed by atoms with Crippen molar-refractivity contribution in [2.75, 3.05) is 13.6 Å². The number of rotatable bonds is 4. The lowest BCUT2D eigenvalue weighted by Gasteiger charge is -2.36. The van der Waals surface area contributed by atoms with E-state index in [4.69, 9.17) is 0 Å². The summed E-state index contributed by atoms with van der Waals surface area (Å²) >= 11 is 1.90. The van der Waals surface area contributed by atoms with Gasteiger partial charge in [0.2, 0.25) is 0 Å². The highest BCUT2D eigenvalue weighted by Gasteiger charge is 2.26. The van der Waals surface area contributed by atoms with Gasteiger partial charge < -0.3 is 9.88 Å². The third-order valence-corrected chi connectivity index (χ3v) is 10.5. The minimum absolute atomic E-state index is 0.0237. The van der Waals surface area contributed by atoms with Gasteiger partial charge in [-0.3, -0.25) is 4.90 Å². The summed E-state index contributed by atoms with van der Waals surface area (Å²) in [6, 6.07) is 50.6. The molecule has 216 valence electrons. The van der Waals surface area contributed by atoms with Crippen molar-refractivity contribution >= 4 is 59.0 Å². The van der Waals surface area contributed by atoms with E-state index in [0.717, 1.165) is 12.2 Å².